The lowest BCUT2D eigenvalue weighted by molar-refractivity contribution is -0.117. The maximum Gasteiger partial charge on any atom is 0.221 e. The van der Waals surface area contributed by atoms with Gasteiger partial charge in [0.1, 0.15) is 0 Å². The second kappa shape index (κ2) is 2.35. The molecule has 3 heteroatoms. The second-order valence-electron chi connectivity index (χ2n) is 1.86. The van der Waals surface area contributed by atoms with Gasteiger partial charge in [0.2, 0.25) is 5.91 Å². The van der Waals surface area contributed by atoms with Gasteiger partial charge in [0.25, 0.3) is 0 Å². The summed E-state index contributed by atoms with van der Waals surface area (Å²) in [7, 11) is 0. The Labute approximate surface area is 52.9 Å². The van der Waals surface area contributed by atoms with Gasteiger partial charge >= 0.3 is 0 Å². The fourth-order valence-corrected chi connectivity index (χ4v) is 0.670. The van der Waals surface area contributed by atoms with E-state index in [1.54, 1.807) is 12.4 Å². The van der Waals surface area contributed by atoms with Crippen molar-refractivity contribution < 1.29 is 4.79 Å². The number of hydrogen-bond acceptors (Lipinski definition) is 1. The molecule has 0 saturated carbocycles. The molecular weight excluding hydrogens is 116 g/mol. The van der Waals surface area contributed by atoms with Crippen LogP contribution in [-0.4, -0.2) is 10.9 Å². The summed E-state index contributed by atoms with van der Waals surface area (Å²) in [5.41, 5.74) is 5.86. The van der Waals surface area contributed by atoms with Crippen molar-refractivity contribution in [3.8, 4) is 0 Å². The van der Waals surface area contributed by atoms with Crippen LogP contribution >= 0.6 is 0 Å². The predicted octanol–water partition coefficient (Wildman–Crippen LogP) is 0.0425. The third-order valence-corrected chi connectivity index (χ3v) is 1.04. The molecule has 1 rings (SSSR count). The van der Waals surface area contributed by atoms with Crippen LogP contribution in [-0.2, 0) is 11.2 Å². The molecule has 0 spiro atoms. The molecule has 3 nitrogen and oxygen atoms in total. The van der Waals surface area contributed by atoms with E-state index in [9.17, 15) is 4.79 Å². The van der Waals surface area contributed by atoms with E-state index >= 15 is 0 Å². The predicted molar refractivity (Wildman–Crippen MR) is 33.7 cm³/mol. The Morgan fingerprint density at radius 1 is 1.78 bits per heavy atom. The summed E-state index contributed by atoms with van der Waals surface area (Å²) in [6.07, 6.45) is 3.84. The highest BCUT2D eigenvalue weighted by atomic mass is 16.1. The van der Waals surface area contributed by atoms with Crippen LogP contribution in [0, 0.1) is 0 Å². The topological polar surface area (TPSA) is 58.9 Å². The number of aromatic amines is 1. The largest absolute Gasteiger partial charge is 0.369 e. The quantitative estimate of drug-likeness (QED) is 0.574. The zero-order valence-electron chi connectivity index (χ0n) is 4.92. The third kappa shape index (κ3) is 1.60. The summed E-state index contributed by atoms with van der Waals surface area (Å²) in [5, 5.41) is 0. The van der Waals surface area contributed by atoms with Crippen LogP contribution in [0.25, 0.3) is 0 Å². The van der Waals surface area contributed by atoms with Crippen LogP contribution < -0.4 is 5.73 Å². The summed E-state index contributed by atoms with van der Waals surface area (Å²) >= 11 is 0. The van der Waals surface area contributed by atoms with Crippen molar-refractivity contribution in [2.45, 2.75) is 6.42 Å². The summed E-state index contributed by atoms with van der Waals surface area (Å²) in [4.78, 5) is 13.1. The summed E-state index contributed by atoms with van der Waals surface area (Å²) < 4.78 is 0. The minimum absolute atomic E-state index is 0.297. The minimum atomic E-state index is -0.297. The molecule has 48 valence electrons. The molecule has 3 N–H and O–H groups in total. The molecule has 0 radical (unpaired) electrons. The van der Waals surface area contributed by atoms with Crippen LogP contribution in [0.2, 0.25) is 0 Å². The molecular formula is C6H8N2O. The van der Waals surface area contributed by atoms with Crippen molar-refractivity contribution in [3.05, 3.63) is 24.0 Å². The molecule has 0 atom stereocenters. The minimum Gasteiger partial charge on any atom is -0.369 e. The van der Waals surface area contributed by atoms with Crippen LogP contribution in [0.15, 0.2) is 18.5 Å². The smallest absolute Gasteiger partial charge is 0.221 e. The third-order valence-electron chi connectivity index (χ3n) is 1.04. The molecule has 0 aliphatic carbocycles. The number of primary amides is 1. The van der Waals surface area contributed by atoms with Gasteiger partial charge in [0, 0.05) is 12.4 Å². The number of hydrogen-bond donors (Lipinski definition) is 2. The van der Waals surface area contributed by atoms with Crippen molar-refractivity contribution in [1.29, 1.82) is 0 Å². The molecule has 9 heavy (non-hydrogen) atoms. The first-order chi connectivity index (χ1) is 4.29. The van der Waals surface area contributed by atoms with Gasteiger partial charge in [-0.2, -0.15) is 0 Å². The van der Waals surface area contributed by atoms with E-state index < -0.39 is 0 Å². The molecule has 0 saturated heterocycles. The number of H-pyrrole nitrogens is 1. The van der Waals surface area contributed by atoms with Gasteiger partial charge in [-0.25, -0.2) is 0 Å². The maximum absolute atomic E-state index is 10.3. The fraction of sp³-hybridized carbons (Fsp3) is 0.167. The lowest BCUT2D eigenvalue weighted by Gasteiger charge is -1.86. The molecule has 1 aromatic heterocycles. The first kappa shape index (κ1) is 5.88. The normalized spacial score (nSPS) is 9.33. The Kier molecular flexibility index (Phi) is 1.53. The number of carbonyl (C=O) groups excluding carboxylic acids is 1. The van der Waals surface area contributed by atoms with E-state index in [2.05, 4.69) is 4.98 Å². The van der Waals surface area contributed by atoms with E-state index in [-0.39, 0.29) is 5.91 Å². The van der Waals surface area contributed by atoms with Crippen LogP contribution in [0.3, 0.4) is 0 Å². The number of carbonyl (C=O) groups is 1. The van der Waals surface area contributed by atoms with Crippen LogP contribution in [0.1, 0.15) is 5.56 Å². The molecule has 0 aliphatic heterocycles. The van der Waals surface area contributed by atoms with Crippen molar-refractivity contribution in [1.82, 2.24) is 4.98 Å². The van der Waals surface area contributed by atoms with Gasteiger partial charge in [-0.05, 0) is 11.6 Å². The van der Waals surface area contributed by atoms with Gasteiger partial charge in [-0.1, -0.05) is 0 Å². The fourth-order valence-electron chi connectivity index (χ4n) is 0.670. The number of rotatable bonds is 2. The standard InChI is InChI=1S/C6H8N2O/c7-6(9)3-5-1-2-8-4-5/h1-2,4,8H,3H2,(H2,7,9). The molecule has 1 heterocycles. The maximum atomic E-state index is 10.3. The Balaban J connectivity index is 2.58. The average molecular weight is 124 g/mol. The van der Waals surface area contributed by atoms with E-state index in [1.165, 1.54) is 0 Å². The zero-order valence-corrected chi connectivity index (χ0v) is 4.92. The summed E-state index contributed by atoms with van der Waals surface area (Å²) in [6.45, 7) is 0. The Morgan fingerprint density at radius 3 is 3.00 bits per heavy atom. The van der Waals surface area contributed by atoms with Gasteiger partial charge in [-0.3, -0.25) is 4.79 Å². The van der Waals surface area contributed by atoms with E-state index in [1.807, 2.05) is 6.07 Å². The Morgan fingerprint density at radius 2 is 2.56 bits per heavy atom. The van der Waals surface area contributed by atoms with Crippen molar-refractivity contribution >= 4 is 5.91 Å². The highest BCUT2D eigenvalue weighted by molar-refractivity contribution is 5.76. The van der Waals surface area contributed by atoms with E-state index in [0.29, 0.717) is 6.42 Å². The molecule has 1 aromatic rings. The van der Waals surface area contributed by atoms with Gasteiger partial charge in [0.05, 0.1) is 6.42 Å². The zero-order chi connectivity index (χ0) is 6.69. The number of aromatic nitrogens is 1. The number of nitrogens with two attached hydrogens (primary N) is 1. The molecule has 0 aliphatic rings. The average Bonchev–Trinajstić information content (AvgIpc) is 2.15. The molecule has 0 aromatic carbocycles. The first-order valence-corrected chi connectivity index (χ1v) is 2.69. The Hall–Kier alpha value is -1.25. The highest BCUT2D eigenvalue weighted by Gasteiger charge is 1.95. The first-order valence-electron chi connectivity index (χ1n) is 2.69. The van der Waals surface area contributed by atoms with Crippen molar-refractivity contribution in [2.75, 3.05) is 0 Å². The van der Waals surface area contributed by atoms with Crippen molar-refractivity contribution in [2.24, 2.45) is 5.73 Å². The molecule has 1 amide bonds. The summed E-state index contributed by atoms with van der Waals surface area (Å²) in [6, 6.07) is 1.82. The number of amides is 1. The van der Waals surface area contributed by atoms with Crippen molar-refractivity contribution in [3.63, 3.8) is 0 Å². The Bertz CT molecular complexity index is 191. The molecule has 0 fully saturated rings. The second-order valence-corrected chi connectivity index (χ2v) is 1.86. The van der Waals surface area contributed by atoms with Gasteiger partial charge in [-0.15, -0.1) is 0 Å². The lowest BCUT2D eigenvalue weighted by Crippen LogP contribution is -2.12. The monoisotopic (exact) mass is 124 g/mol. The van der Waals surface area contributed by atoms with E-state index in [0.717, 1.165) is 5.56 Å². The van der Waals surface area contributed by atoms with E-state index in [4.69, 9.17) is 5.73 Å². The molecule has 0 bridgehead atoms. The number of nitrogens with one attached hydrogen (secondary N) is 1. The SMILES string of the molecule is NC(=O)Cc1cc[nH]c1. The lowest BCUT2D eigenvalue weighted by atomic mass is 10.2. The summed E-state index contributed by atoms with van der Waals surface area (Å²) in [5.74, 6) is -0.297. The van der Waals surface area contributed by atoms with Gasteiger partial charge < -0.3 is 10.7 Å². The molecule has 0 unspecified atom stereocenters. The van der Waals surface area contributed by atoms with Crippen LogP contribution in [0.4, 0.5) is 0 Å². The van der Waals surface area contributed by atoms with Crippen LogP contribution in [0.5, 0.6) is 0 Å². The highest BCUT2D eigenvalue weighted by Crippen LogP contribution is 1.95. The van der Waals surface area contributed by atoms with Gasteiger partial charge in [0.15, 0.2) is 0 Å².